The van der Waals surface area contributed by atoms with Gasteiger partial charge in [0.2, 0.25) is 0 Å². The molecule has 0 aromatic carbocycles. The molecule has 2 aliphatic rings. The molecule has 1 heterocycles. The van der Waals surface area contributed by atoms with E-state index in [0.717, 1.165) is 12.8 Å². The van der Waals surface area contributed by atoms with Crippen LogP contribution in [0.1, 0.15) is 39.5 Å². The van der Waals surface area contributed by atoms with Crippen molar-refractivity contribution in [2.75, 3.05) is 32.7 Å². The van der Waals surface area contributed by atoms with E-state index in [4.69, 9.17) is 0 Å². The minimum absolute atomic E-state index is 0.120. The molecule has 1 saturated heterocycles. The van der Waals surface area contributed by atoms with Gasteiger partial charge in [-0.3, -0.25) is 0 Å². The van der Waals surface area contributed by atoms with Gasteiger partial charge < -0.3 is 10.4 Å². The number of piperazine rings is 1. The standard InChI is InChI=1S/C13H27N3O3S/c1-12(2)3-5-13(17,6-4-12)11-15-20(18,19)16-9-7-14-8-10-16/h14-15,17H,3-11H2,1-2H3. The van der Waals surface area contributed by atoms with Gasteiger partial charge in [-0.15, -0.1) is 0 Å². The normalized spacial score (nSPS) is 27.4. The number of aliphatic hydroxyl groups is 1. The van der Waals surface area contributed by atoms with Gasteiger partial charge in [0.25, 0.3) is 10.2 Å². The van der Waals surface area contributed by atoms with Crippen LogP contribution in [-0.4, -0.2) is 56.2 Å². The fourth-order valence-electron chi connectivity index (χ4n) is 2.77. The Balaban J connectivity index is 1.87. The summed E-state index contributed by atoms with van der Waals surface area (Å²) in [6.07, 6.45) is 3.17. The Morgan fingerprint density at radius 2 is 1.70 bits per heavy atom. The van der Waals surface area contributed by atoms with Crippen LogP contribution in [0.15, 0.2) is 0 Å². The molecule has 2 rings (SSSR count). The van der Waals surface area contributed by atoms with Crippen molar-refractivity contribution in [2.24, 2.45) is 5.41 Å². The minimum Gasteiger partial charge on any atom is -0.389 e. The maximum absolute atomic E-state index is 12.2. The largest absolute Gasteiger partial charge is 0.389 e. The lowest BCUT2D eigenvalue weighted by Gasteiger charge is -2.40. The van der Waals surface area contributed by atoms with Gasteiger partial charge in [-0.25, -0.2) is 0 Å². The summed E-state index contributed by atoms with van der Waals surface area (Å²) in [5.74, 6) is 0. The minimum atomic E-state index is -3.47. The van der Waals surface area contributed by atoms with Crippen LogP contribution in [0.4, 0.5) is 0 Å². The third kappa shape index (κ3) is 4.14. The van der Waals surface area contributed by atoms with Crippen LogP contribution in [0.2, 0.25) is 0 Å². The Kier molecular flexibility index (Phi) is 4.76. The van der Waals surface area contributed by atoms with E-state index < -0.39 is 15.8 Å². The summed E-state index contributed by atoms with van der Waals surface area (Å²) in [6, 6.07) is 0. The molecule has 0 bridgehead atoms. The average molecular weight is 305 g/mol. The molecule has 1 aliphatic carbocycles. The highest BCUT2D eigenvalue weighted by Crippen LogP contribution is 2.39. The molecule has 0 radical (unpaired) electrons. The number of hydrogen-bond acceptors (Lipinski definition) is 4. The van der Waals surface area contributed by atoms with E-state index in [0.29, 0.717) is 39.0 Å². The molecule has 0 unspecified atom stereocenters. The highest BCUT2D eigenvalue weighted by atomic mass is 32.2. The Bertz CT molecular complexity index is 420. The third-order valence-electron chi connectivity index (χ3n) is 4.53. The first-order valence-electron chi connectivity index (χ1n) is 7.40. The molecular formula is C13H27N3O3S. The number of hydrogen-bond donors (Lipinski definition) is 3. The van der Waals surface area contributed by atoms with Crippen molar-refractivity contribution in [3.05, 3.63) is 0 Å². The SMILES string of the molecule is CC1(C)CCC(O)(CNS(=O)(=O)N2CCNCC2)CC1. The molecule has 2 fully saturated rings. The third-order valence-corrected chi connectivity index (χ3v) is 6.09. The summed E-state index contributed by atoms with van der Waals surface area (Å²) >= 11 is 0. The second-order valence-electron chi connectivity index (χ2n) is 6.86. The molecule has 3 N–H and O–H groups in total. The van der Waals surface area contributed by atoms with Gasteiger partial charge in [0.1, 0.15) is 0 Å². The number of nitrogens with zero attached hydrogens (tertiary/aromatic N) is 1. The van der Waals surface area contributed by atoms with Crippen molar-refractivity contribution < 1.29 is 13.5 Å². The van der Waals surface area contributed by atoms with Crippen LogP contribution in [0, 0.1) is 5.41 Å². The number of rotatable bonds is 4. The van der Waals surface area contributed by atoms with Crippen LogP contribution in [-0.2, 0) is 10.2 Å². The summed E-state index contributed by atoms with van der Waals surface area (Å²) in [5, 5.41) is 13.6. The zero-order chi connectivity index (χ0) is 14.9. The van der Waals surface area contributed by atoms with Crippen molar-refractivity contribution in [3.8, 4) is 0 Å². The van der Waals surface area contributed by atoms with E-state index in [1.807, 2.05) is 0 Å². The lowest BCUT2D eigenvalue weighted by Crippen LogP contribution is -2.54. The first-order chi connectivity index (χ1) is 9.23. The lowest BCUT2D eigenvalue weighted by atomic mass is 9.71. The van der Waals surface area contributed by atoms with E-state index >= 15 is 0 Å². The lowest BCUT2D eigenvalue weighted by molar-refractivity contribution is -0.0208. The van der Waals surface area contributed by atoms with Crippen LogP contribution in [0.25, 0.3) is 0 Å². The smallest absolute Gasteiger partial charge is 0.279 e. The second kappa shape index (κ2) is 5.88. The molecule has 6 nitrogen and oxygen atoms in total. The molecular weight excluding hydrogens is 278 g/mol. The Morgan fingerprint density at radius 1 is 1.15 bits per heavy atom. The van der Waals surface area contributed by atoms with E-state index in [-0.39, 0.29) is 12.0 Å². The summed E-state index contributed by atoms with van der Waals surface area (Å²) in [7, 11) is -3.47. The zero-order valence-corrected chi connectivity index (χ0v) is 13.3. The van der Waals surface area contributed by atoms with Crippen molar-refractivity contribution in [1.29, 1.82) is 0 Å². The molecule has 7 heteroatoms. The molecule has 1 aliphatic heterocycles. The molecule has 20 heavy (non-hydrogen) atoms. The monoisotopic (exact) mass is 305 g/mol. The quantitative estimate of drug-likeness (QED) is 0.686. The Hall–Kier alpha value is -0.210. The first-order valence-corrected chi connectivity index (χ1v) is 8.84. The molecule has 1 saturated carbocycles. The summed E-state index contributed by atoms with van der Waals surface area (Å²) in [4.78, 5) is 0. The second-order valence-corrected chi connectivity index (χ2v) is 8.62. The molecule has 0 spiro atoms. The summed E-state index contributed by atoms with van der Waals surface area (Å²) < 4.78 is 28.4. The first kappa shape index (κ1) is 16.2. The van der Waals surface area contributed by atoms with Crippen molar-refractivity contribution in [1.82, 2.24) is 14.3 Å². The maximum Gasteiger partial charge on any atom is 0.279 e. The van der Waals surface area contributed by atoms with Gasteiger partial charge in [0, 0.05) is 32.7 Å². The summed E-state index contributed by atoms with van der Waals surface area (Å²) in [5.41, 5.74) is -0.639. The van der Waals surface area contributed by atoms with Crippen molar-refractivity contribution in [2.45, 2.75) is 45.1 Å². The number of nitrogens with one attached hydrogen (secondary N) is 2. The van der Waals surface area contributed by atoms with Crippen molar-refractivity contribution >= 4 is 10.2 Å². The average Bonchev–Trinajstić information content (AvgIpc) is 2.42. The molecule has 0 aromatic rings. The molecule has 0 atom stereocenters. The van der Waals surface area contributed by atoms with Gasteiger partial charge in [0.15, 0.2) is 0 Å². The van der Waals surface area contributed by atoms with Crippen LogP contribution < -0.4 is 10.0 Å². The highest BCUT2D eigenvalue weighted by Gasteiger charge is 2.38. The van der Waals surface area contributed by atoms with E-state index in [2.05, 4.69) is 23.9 Å². The summed E-state index contributed by atoms with van der Waals surface area (Å²) in [6.45, 7) is 6.84. The fourth-order valence-corrected chi connectivity index (χ4v) is 4.07. The maximum atomic E-state index is 12.2. The van der Waals surface area contributed by atoms with E-state index in [1.54, 1.807) is 0 Å². The molecule has 0 aromatic heterocycles. The fraction of sp³-hybridized carbons (Fsp3) is 1.00. The topological polar surface area (TPSA) is 81.7 Å². The van der Waals surface area contributed by atoms with Crippen molar-refractivity contribution in [3.63, 3.8) is 0 Å². The van der Waals surface area contributed by atoms with E-state index in [1.165, 1.54) is 4.31 Å². The van der Waals surface area contributed by atoms with Gasteiger partial charge in [-0.2, -0.15) is 17.4 Å². The molecule has 118 valence electrons. The Labute approximate surface area is 122 Å². The van der Waals surface area contributed by atoms with Gasteiger partial charge in [-0.05, 0) is 31.1 Å². The molecule has 0 amide bonds. The van der Waals surface area contributed by atoms with Gasteiger partial charge >= 0.3 is 0 Å². The Morgan fingerprint density at radius 3 is 2.25 bits per heavy atom. The van der Waals surface area contributed by atoms with Crippen LogP contribution in [0.3, 0.4) is 0 Å². The highest BCUT2D eigenvalue weighted by molar-refractivity contribution is 7.87. The predicted molar refractivity (Wildman–Crippen MR) is 78.6 cm³/mol. The predicted octanol–water partition coefficient (Wildman–Crippen LogP) is 0.0573. The van der Waals surface area contributed by atoms with Crippen LogP contribution in [0.5, 0.6) is 0 Å². The van der Waals surface area contributed by atoms with Gasteiger partial charge in [-0.1, -0.05) is 13.8 Å². The van der Waals surface area contributed by atoms with Crippen LogP contribution >= 0.6 is 0 Å². The van der Waals surface area contributed by atoms with E-state index in [9.17, 15) is 13.5 Å². The van der Waals surface area contributed by atoms with Gasteiger partial charge in [0.05, 0.1) is 5.60 Å². The zero-order valence-electron chi connectivity index (χ0n) is 12.5.